The Morgan fingerprint density at radius 2 is 2.19 bits per heavy atom. The Balaban J connectivity index is 2.65. The average Bonchev–Trinajstić information content (AvgIpc) is 2.21. The molecule has 3 atom stereocenters. The summed E-state index contributed by atoms with van der Waals surface area (Å²) < 4.78 is 26.1. The molecule has 0 bridgehead atoms. The minimum absolute atomic E-state index is 0.0444. The zero-order valence-electron chi connectivity index (χ0n) is 9.97. The lowest BCUT2D eigenvalue weighted by Crippen LogP contribution is -2.50. The topological polar surface area (TPSA) is 73.2 Å². The van der Waals surface area contributed by atoms with Crippen LogP contribution in [0.1, 0.15) is 20.3 Å². The van der Waals surface area contributed by atoms with Crippen LogP contribution >= 0.6 is 0 Å². The van der Waals surface area contributed by atoms with E-state index in [2.05, 4.69) is 9.62 Å². The lowest BCUT2D eigenvalue weighted by Gasteiger charge is -2.35. The van der Waals surface area contributed by atoms with E-state index in [1.807, 2.05) is 14.0 Å². The molecule has 0 aromatic heterocycles. The summed E-state index contributed by atoms with van der Waals surface area (Å²) in [7, 11) is -1.46. The zero-order valence-corrected chi connectivity index (χ0v) is 10.8. The Hall–Kier alpha value is -0.640. The standard InChI is InChI=1S/C10H19N3O2S/c1-8-7-13(3)5-4-10(8)12-16(14,15)9(2)6-11/h8-10,12H,4-5,7H2,1-3H3. The quantitative estimate of drug-likeness (QED) is 0.768. The summed E-state index contributed by atoms with van der Waals surface area (Å²) in [4.78, 5) is 2.18. The molecule has 0 spiro atoms. The van der Waals surface area contributed by atoms with Crippen molar-refractivity contribution in [1.82, 2.24) is 9.62 Å². The lowest BCUT2D eigenvalue weighted by atomic mass is 9.95. The number of likely N-dealkylation sites (tertiary alicyclic amines) is 1. The maximum Gasteiger partial charge on any atom is 0.227 e. The van der Waals surface area contributed by atoms with Gasteiger partial charge >= 0.3 is 0 Å². The number of piperidine rings is 1. The molecule has 1 rings (SSSR count). The predicted octanol–water partition coefficient (Wildman–Crippen LogP) is 0.158. The third-order valence-electron chi connectivity index (χ3n) is 3.07. The Morgan fingerprint density at radius 3 is 2.69 bits per heavy atom. The van der Waals surface area contributed by atoms with Crippen LogP contribution in [0.3, 0.4) is 0 Å². The normalized spacial score (nSPS) is 29.6. The fraction of sp³-hybridized carbons (Fsp3) is 0.900. The fourth-order valence-electron chi connectivity index (χ4n) is 1.91. The number of nitrogens with zero attached hydrogens (tertiary/aromatic N) is 2. The summed E-state index contributed by atoms with van der Waals surface area (Å²) in [5, 5.41) is 7.64. The molecule has 1 saturated heterocycles. The zero-order chi connectivity index (χ0) is 12.3. The van der Waals surface area contributed by atoms with Gasteiger partial charge in [-0.15, -0.1) is 0 Å². The van der Waals surface area contributed by atoms with Gasteiger partial charge in [-0.2, -0.15) is 5.26 Å². The van der Waals surface area contributed by atoms with Crippen molar-refractivity contribution in [2.75, 3.05) is 20.1 Å². The van der Waals surface area contributed by atoms with Crippen molar-refractivity contribution >= 4 is 10.0 Å². The van der Waals surface area contributed by atoms with E-state index in [0.29, 0.717) is 0 Å². The molecule has 1 fully saturated rings. The predicted molar refractivity (Wildman–Crippen MR) is 62.2 cm³/mol. The molecule has 1 heterocycles. The van der Waals surface area contributed by atoms with Crippen molar-refractivity contribution in [3.05, 3.63) is 0 Å². The molecule has 5 nitrogen and oxygen atoms in total. The fourth-order valence-corrected chi connectivity index (χ4v) is 3.03. The van der Waals surface area contributed by atoms with Crippen LogP contribution in [0.15, 0.2) is 0 Å². The Labute approximate surface area is 97.5 Å². The van der Waals surface area contributed by atoms with E-state index < -0.39 is 15.3 Å². The number of hydrogen-bond donors (Lipinski definition) is 1. The van der Waals surface area contributed by atoms with Gasteiger partial charge in [0.2, 0.25) is 10.0 Å². The van der Waals surface area contributed by atoms with Crippen LogP contribution in [0.2, 0.25) is 0 Å². The van der Waals surface area contributed by atoms with Crippen LogP contribution in [-0.4, -0.2) is 44.7 Å². The largest absolute Gasteiger partial charge is 0.306 e. The van der Waals surface area contributed by atoms with Crippen LogP contribution < -0.4 is 4.72 Å². The van der Waals surface area contributed by atoms with E-state index in [9.17, 15) is 8.42 Å². The number of nitrogens with one attached hydrogen (secondary N) is 1. The van der Waals surface area contributed by atoms with E-state index in [-0.39, 0.29) is 12.0 Å². The number of sulfonamides is 1. The van der Waals surface area contributed by atoms with Crippen molar-refractivity contribution in [1.29, 1.82) is 5.26 Å². The highest BCUT2D eigenvalue weighted by Crippen LogP contribution is 2.16. The van der Waals surface area contributed by atoms with Crippen molar-refractivity contribution in [3.63, 3.8) is 0 Å². The summed E-state index contributed by atoms with van der Waals surface area (Å²) in [6.45, 7) is 5.20. The average molecular weight is 245 g/mol. The summed E-state index contributed by atoms with van der Waals surface area (Å²) in [6, 6.07) is 1.71. The molecule has 0 aliphatic carbocycles. The molecule has 0 aromatic carbocycles. The molecule has 0 aromatic rings. The van der Waals surface area contributed by atoms with Crippen LogP contribution in [-0.2, 0) is 10.0 Å². The number of rotatable bonds is 3. The van der Waals surface area contributed by atoms with Gasteiger partial charge in [0.1, 0.15) is 0 Å². The van der Waals surface area contributed by atoms with Crippen LogP contribution in [0.25, 0.3) is 0 Å². The second-order valence-electron chi connectivity index (χ2n) is 4.57. The van der Waals surface area contributed by atoms with E-state index in [0.717, 1.165) is 19.5 Å². The number of nitriles is 1. The minimum atomic E-state index is -3.49. The summed E-state index contributed by atoms with van der Waals surface area (Å²) in [6.07, 6.45) is 0.801. The van der Waals surface area contributed by atoms with Crippen LogP contribution in [0.4, 0.5) is 0 Å². The molecule has 3 unspecified atom stereocenters. The Bertz CT molecular complexity index is 374. The third-order valence-corrected chi connectivity index (χ3v) is 4.74. The summed E-state index contributed by atoms with van der Waals surface area (Å²) in [5.74, 6) is 0.277. The van der Waals surface area contributed by atoms with E-state index in [4.69, 9.17) is 5.26 Å². The molecule has 1 aliphatic heterocycles. The smallest absolute Gasteiger partial charge is 0.227 e. The SMILES string of the molecule is CC1CN(C)CCC1NS(=O)(=O)C(C)C#N. The van der Waals surface area contributed by atoms with Gasteiger partial charge in [0.05, 0.1) is 6.07 Å². The first-order valence-corrected chi connectivity index (χ1v) is 7.00. The summed E-state index contributed by atoms with van der Waals surface area (Å²) >= 11 is 0. The molecular formula is C10H19N3O2S. The Kier molecular flexibility index (Phi) is 4.30. The summed E-state index contributed by atoms with van der Waals surface area (Å²) in [5.41, 5.74) is 0. The first-order chi connectivity index (χ1) is 7.36. The molecule has 16 heavy (non-hydrogen) atoms. The molecular weight excluding hydrogens is 226 g/mol. The first-order valence-electron chi connectivity index (χ1n) is 5.46. The van der Waals surface area contributed by atoms with Crippen molar-refractivity contribution in [2.24, 2.45) is 5.92 Å². The molecule has 0 radical (unpaired) electrons. The van der Waals surface area contributed by atoms with E-state index in [1.165, 1.54) is 6.92 Å². The molecule has 0 saturated carbocycles. The maximum absolute atomic E-state index is 11.7. The Morgan fingerprint density at radius 1 is 1.56 bits per heavy atom. The highest BCUT2D eigenvalue weighted by atomic mass is 32.2. The van der Waals surface area contributed by atoms with Crippen molar-refractivity contribution < 1.29 is 8.42 Å². The monoisotopic (exact) mass is 245 g/mol. The molecule has 6 heteroatoms. The van der Waals surface area contributed by atoms with Gasteiger partial charge in [-0.1, -0.05) is 6.92 Å². The molecule has 92 valence electrons. The lowest BCUT2D eigenvalue weighted by molar-refractivity contribution is 0.188. The van der Waals surface area contributed by atoms with Gasteiger partial charge in [-0.05, 0) is 32.9 Å². The molecule has 1 N–H and O–H groups in total. The highest BCUT2D eigenvalue weighted by Gasteiger charge is 2.30. The first kappa shape index (κ1) is 13.4. The number of hydrogen-bond acceptors (Lipinski definition) is 4. The second kappa shape index (κ2) is 5.13. The third kappa shape index (κ3) is 3.17. The van der Waals surface area contributed by atoms with Crippen LogP contribution in [0, 0.1) is 17.2 Å². The van der Waals surface area contributed by atoms with Gasteiger partial charge in [-0.25, -0.2) is 13.1 Å². The van der Waals surface area contributed by atoms with E-state index >= 15 is 0 Å². The minimum Gasteiger partial charge on any atom is -0.306 e. The van der Waals surface area contributed by atoms with E-state index in [1.54, 1.807) is 6.07 Å². The van der Waals surface area contributed by atoms with Crippen molar-refractivity contribution in [3.8, 4) is 6.07 Å². The maximum atomic E-state index is 11.7. The molecule has 0 amide bonds. The van der Waals surface area contributed by atoms with Gasteiger partial charge in [0.25, 0.3) is 0 Å². The van der Waals surface area contributed by atoms with Gasteiger partial charge in [-0.3, -0.25) is 0 Å². The second-order valence-corrected chi connectivity index (χ2v) is 6.60. The van der Waals surface area contributed by atoms with Gasteiger partial charge < -0.3 is 4.90 Å². The van der Waals surface area contributed by atoms with Gasteiger partial charge in [0.15, 0.2) is 5.25 Å². The van der Waals surface area contributed by atoms with Crippen molar-refractivity contribution in [2.45, 2.75) is 31.6 Å². The highest BCUT2D eigenvalue weighted by molar-refractivity contribution is 7.90. The van der Waals surface area contributed by atoms with Crippen LogP contribution in [0.5, 0.6) is 0 Å². The molecule has 1 aliphatic rings. The van der Waals surface area contributed by atoms with Gasteiger partial charge in [0, 0.05) is 12.6 Å².